The van der Waals surface area contributed by atoms with Gasteiger partial charge in [0.05, 0.1) is 11.2 Å². The summed E-state index contributed by atoms with van der Waals surface area (Å²) in [5, 5.41) is 6.32. The fourth-order valence-corrected chi connectivity index (χ4v) is 2.01. The van der Waals surface area contributed by atoms with Gasteiger partial charge in [0, 0.05) is 24.5 Å². The van der Waals surface area contributed by atoms with E-state index in [1.165, 1.54) is 0 Å². The van der Waals surface area contributed by atoms with Gasteiger partial charge in [0.2, 0.25) is 5.91 Å². The summed E-state index contributed by atoms with van der Waals surface area (Å²) in [5.74, 6) is -0.195. The number of alkyl carbamates (subject to hydrolysis) is 1. The van der Waals surface area contributed by atoms with Crippen LogP contribution in [0.2, 0.25) is 0 Å². The lowest BCUT2D eigenvalue weighted by atomic mass is 10.2. The lowest BCUT2D eigenvalue weighted by Gasteiger charge is -2.19. The van der Waals surface area contributed by atoms with Crippen LogP contribution >= 0.6 is 0 Å². The van der Waals surface area contributed by atoms with Gasteiger partial charge in [-0.25, -0.2) is 4.79 Å². The predicted molar refractivity (Wildman–Crippen MR) is 89.2 cm³/mol. The molecule has 0 aliphatic carbocycles. The number of pyridine rings is 1. The number of fused-ring (bicyclic) bond motifs is 1. The Morgan fingerprint density at radius 3 is 2.65 bits per heavy atom. The molecule has 6 nitrogen and oxygen atoms in total. The second-order valence-electron chi connectivity index (χ2n) is 6.11. The number of aromatic nitrogens is 1. The van der Waals surface area contributed by atoms with E-state index in [9.17, 15) is 9.59 Å². The largest absolute Gasteiger partial charge is 0.444 e. The number of carbonyl (C=O) groups excluding carboxylic acids is 2. The van der Waals surface area contributed by atoms with Gasteiger partial charge in [0.1, 0.15) is 5.60 Å². The van der Waals surface area contributed by atoms with Crippen LogP contribution in [0.3, 0.4) is 0 Å². The van der Waals surface area contributed by atoms with Gasteiger partial charge in [-0.1, -0.05) is 18.2 Å². The van der Waals surface area contributed by atoms with Gasteiger partial charge in [-0.15, -0.1) is 0 Å². The Bertz CT molecular complexity index is 702. The molecule has 2 N–H and O–H groups in total. The number of anilines is 1. The third kappa shape index (κ3) is 5.25. The zero-order chi connectivity index (χ0) is 16.9. The molecule has 0 unspecified atom stereocenters. The molecule has 0 atom stereocenters. The second kappa shape index (κ2) is 7.09. The topological polar surface area (TPSA) is 80.3 Å². The molecule has 2 amide bonds. The van der Waals surface area contributed by atoms with Gasteiger partial charge < -0.3 is 15.4 Å². The first-order chi connectivity index (χ1) is 10.8. The third-order valence-corrected chi connectivity index (χ3v) is 2.93. The summed E-state index contributed by atoms with van der Waals surface area (Å²) >= 11 is 0. The van der Waals surface area contributed by atoms with Crippen molar-refractivity contribution in [2.45, 2.75) is 32.8 Å². The van der Waals surface area contributed by atoms with Crippen molar-refractivity contribution in [2.24, 2.45) is 0 Å². The lowest BCUT2D eigenvalue weighted by molar-refractivity contribution is -0.116. The first kappa shape index (κ1) is 16.7. The van der Waals surface area contributed by atoms with Crippen molar-refractivity contribution in [3.63, 3.8) is 0 Å². The summed E-state index contributed by atoms with van der Waals surface area (Å²) in [6.07, 6.45) is 1.31. The van der Waals surface area contributed by atoms with Gasteiger partial charge in [0.25, 0.3) is 0 Å². The number of para-hydroxylation sites is 1. The SMILES string of the molecule is CC(C)(C)OC(=O)NCCC(=O)Nc1cccc2cccnc12. The fraction of sp³-hybridized carbons (Fsp3) is 0.353. The number of nitrogens with zero attached hydrogens (tertiary/aromatic N) is 1. The summed E-state index contributed by atoms with van der Waals surface area (Å²) in [6, 6.07) is 9.37. The maximum absolute atomic E-state index is 12.0. The molecule has 0 fully saturated rings. The van der Waals surface area contributed by atoms with E-state index in [0.29, 0.717) is 5.69 Å². The van der Waals surface area contributed by atoms with Crippen LogP contribution in [0.15, 0.2) is 36.5 Å². The lowest BCUT2D eigenvalue weighted by Crippen LogP contribution is -2.34. The molecular weight excluding hydrogens is 294 g/mol. The van der Waals surface area contributed by atoms with E-state index in [4.69, 9.17) is 4.74 Å². The van der Waals surface area contributed by atoms with Crippen LogP contribution in [0, 0.1) is 0 Å². The molecule has 1 heterocycles. The van der Waals surface area contributed by atoms with E-state index in [1.807, 2.05) is 24.3 Å². The number of hydrogen-bond donors (Lipinski definition) is 2. The number of amides is 2. The van der Waals surface area contributed by atoms with Gasteiger partial charge in [0.15, 0.2) is 0 Å². The van der Waals surface area contributed by atoms with Crippen LogP contribution in [-0.2, 0) is 9.53 Å². The van der Waals surface area contributed by atoms with Crippen molar-refractivity contribution >= 4 is 28.6 Å². The summed E-state index contributed by atoms with van der Waals surface area (Å²) in [4.78, 5) is 27.8. The summed E-state index contributed by atoms with van der Waals surface area (Å²) in [6.45, 7) is 5.56. The Kier molecular flexibility index (Phi) is 5.16. The van der Waals surface area contributed by atoms with Crippen molar-refractivity contribution in [3.8, 4) is 0 Å². The van der Waals surface area contributed by atoms with Crippen LogP contribution in [0.4, 0.5) is 10.5 Å². The Morgan fingerprint density at radius 2 is 1.91 bits per heavy atom. The molecule has 0 bridgehead atoms. The normalized spacial score (nSPS) is 11.1. The number of carbonyl (C=O) groups is 2. The maximum atomic E-state index is 12.0. The molecule has 0 saturated carbocycles. The summed E-state index contributed by atoms with van der Waals surface area (Å²) in [7, 11) is 0. The molecule has 0 saturated heterocycles. The number of benzene rings is 1. The van der Waals surface area contributed by atoms with E-state index in [2.05, 4.69) is 15.6 Å². The summed E-state index contributed by atoms with van der Waals surface area (Å²) in [5.41, 5.74) is 0.842. The molecule has 0 spiro atoms. The highest BCUT2D eigenvalue weighted by Crippen LogP contribution is 2.20. The second-order valence-corrected chi connectivity index (χ2v) is 6.11. The minimum absolute atomic E-state index is 0.155. The fourth-order valence-electron chi connectivity index (χ4n) is 2.01. The first-order valence-corrected chi connectivity index (χ1v) is 7.45. The number of rotatable bonds is 4. The molecule has 0 radical (unpaired) electrons. The quantitative estimate of drug-likeness (QED) is 0.908. The highest BCUT2D eigenvalue weighted by atomic mass is 16.6. The molecule has 23 heavy (non-hydrogen) atoms. The van der Waals surface area contributed by atoms with Gasteiger partial charge in [-0.3, -0.25) is 9.78 Å². The molecular formula is C17H21N3O3. The van der Waals surface area contributed by atoms with E-state index in [-0.39, 0.29) is 18.9 Å². The monoisotopic (exact) mass is 315 g/mol. The minimum Gasteiger partial charge on any atom is -0.444 e. The Labute approximate surface area is 135 Å². The van der Waals surface area contributed by atoms with Crippen LogP contribution in [-0.4, -0.2) is 29.1 Å². The van der Waals surface area contributed by atoms with Crippen molar-refractivity contribution in [1.29, 1.82) is 0 Å². The van der Waals surface area contributed by atoms with Gasteiger partial charge in [-0.2, -0.15) is 0 Å². The number of nitrogens with one attached hydrogen (secondary N) is 2. The van der Waals surface area contributed by atoms with Gasteiger partial charge in [-0.05, 0) is 32.9 Å². The predicted octanol–water partition coefficient (Wildman–Crippen LogP) is 3.09. The number of hydrogen-bond acceptors (Lipinski definition) is 4. The van der Waals surface area contributed by atoms with Crippen LogP contribution in [0.5, 0.6) is 0 Å². The van der Waals surface area contributed by atoms with Crippen molar-refractivity contribution < 1.29 is 14.3 Å². The third-order valence-electron chi connectivity index (χ3n) is 2.93. The molecule has 2 rings (SSSR count). The smallest absolute Gasteiger partial charge is 0.407 e. The average Bonchev–Trinajstić information content (AvgIpc) is 2.45. The van der Waals surface area contributed by atoms with E-state index in [0.717, 1.165) is 10.9 Å². The Balaban J connectivity index is 1.86. The Morgan fingerprint density at radius 1 is 1.17 bits per heavy atom. The zero-order valence-electron chi connectivity index (χ0n) is 13.6. The van der Waals surface area contributed by atoms with E-state index >= 15 is 0 Å². The van der Waals surface area contributed by atoms with Crippen molar-refractivity contribution in [3.05, 3.63) is 36.5 Å². The molecule has 2 aromatic rings. The average molecular weight is 315 g/mol. The molecule has 6 heteroatoms. The zero-order valence-corrected chi connectivity index (χ0v) is 13.6. The molecule has 122 valence electrons. The summed E-state index contributed by atoms with van der Waals surface area (Å²) < 4.78 is 5.10. The van der Waals surface area contributed by atoms with Gasteiger partial charge >= 0.3 is 6.09 Å². The van der Waals surface area contributed by atoms with Crippen molar-refractivity contribution in [2.75, 3.05) is 11.9 Å². The van der Waals surface area contributed by atoms with Crippen molar-refractivity contribution in [1.82, 2.24) is 10.3 Å². The Hall–Kier alpha value is -2.63. The first-order valence-electron chi connectivity index (χ1n) is 7.45. The van der Waals surface area contributed by atoms with Crippen LogP contribution < -0.4 is 10.6 Å². The molecule has 1 aromatic carbocycles. The molecule has 0 aliphatic heterocycles. The van der Waals surface area contributed by atoms with E-state index < -0.39 is 11.7 Å². The highest BCUT2D eigenvalue weighted by molar-refractivity contribution is 6.00. The molecule has 1 aromatic heterocycles. The highest BCUT2D eigenvalue weighted by Gasteiger charge is 2.16. The van der Waals surface area contributed by atoms with E-state index in [1.54, 1.807) is 33.0 Å². The molecule has 0 aliphatic rings. The van der Waals surface area contributed by atoms with Crippen LogP contribution in [0.1, 0.15) is 27.2 Å². The van der Waals surface area contributed by atoms with Crippen LogP contribution in [0.25, 0.3) is 10.9 Å². The standard InChI is InChI=1S/C17H21N3O3/c1-17(2,3)23-16(22)19-11-9-14(21)20-13-8-4-6-12-7-5-10-18-15(12)13/h4-8,10H,9,11H2,1-3H3,(H,19,22)(H,20,21). The number of ether oxygens (including phenoxy) is 1. The minimum atomic E-state index is -0.555. The maximum Gasteiger partial charge on any atom is 0.407 e.